The Balaban J connectivity index is 2.28. The van der Waals surface area contributed by atoms with Crippen LogP contribution in [0.1, 0.15) is 12.0 Å². The van der Waals surface area contributed by atoms with Crippen molar-refractivity contribution in [3.05, 3.63) is 29.8 Å². The van der Waals surface area contributed by atoms with Gasteiger partial charge in [-0.3, -0.25) is 9.59 Å². The van der Waals surface area contributed by atoms with Crippen molar-refractivity contribution in [2.75, 3.05) is 16.8 Å². The number of aliphatic hydroxyl groups excluding tert-OH is 1. The Hall–Kier alpha value is -1.53. The number of carbonyl (C=O) groups excluding carboxylic acids is 2. The van der Waals surface area contributed by atoms with Crippen molar-refractivity contribution in [3.63, 3.8) is 0 Å². The van der Waals surface area contributed by atoms with Gasteiger partial charge in [0, 0.05) is 17.9 Å². The van der Waals surface area contributed by atoms with Crippen molar-refractivity contribution < 1.29 is 14.7 Å². The molecule has 5 nitrogen and oxygen atoms in total. The van der Waals surface area contributed by atoms with Gasteiger partial charge in [0.15, 0.2) is 0 Å². The molecule has 18 heavy (non-hydrogen) atoms. The number of anilines is 1. The van der Waals surface area contributed by atoms with Crippen LogP contribution in [0.5, 0.6) is 0 Å². The summed E-state index contributed by atoms with van der Waals surface area (Å²) in [6, 6.07) is 6.97. The van der Waals surface area contributed by atoms with Crippen LogP contribution in [0.2, 0.25) is 0 Å². The van der Waals surface area contributed by atoms with Crippen LogP contribution in [0.3, 0.4) is 0 Å². The summed E-state index contributed by atoms with van der Waals surface area (Å²) >= 11 is 1.34. The van der Waals surface area contributed by atoms with Gasteiger partial charge in [0.1, 0.15) is 0 Å². The van der Waals surface area contributed by atoms with Gasteiger partial charge >= 0.3 is 0 Å². The fraction of sp³-hybridized carbons (Fsp3) is 0.333. The number of carbonyl (C=O) groups is 2. The molecule has 4 N–H and O–H groups in total. The molecule has 0 bridgehead atoms. The molecule has 6 heteroatoms. The van der Waals surface area contributed by atoms with Crippen LogP contribution in [-0.2, 0) is 16.2 Å². The van der Waals surface area contributed by atoms with E-state index in [1.807, 2.05) is 0 Å². The van der Waals surface area contributed by atoms with Gasteiger partial charge in [-0.2, -0.15) is 11.8 Å². The number of thioether (sulfide) groups is 1. The molecule has 0 saturated heterocycles. The molecule has 0 unspecified atom stereocenters. The van der Waals surface area contributed by atoms with Crippen molar-refractivity contribution >= 4 is 29.3 Å². The van der Waals surface area contributed by atoms with E-state index in [4.69, 9.17) is 10.8 Å². The van der Waals surface area contributed by atoms with E-state index in [-0.39, 0.29) is 24.2 Å². The zero-order valence-electron chi connectivity index (χ0n) is 9.89. The van der Waals surface area contributed by atoms with Crippen molar-refractivity contribution in [1.29, 1.82) is 0 Å². The molecule has 1 aromatic rings. The van der Waals surface area contributed by atoms with Crippen LogP contribution in [0.25, 0.3) is 0 Å². The molecule has 0 aliphatic heterocycles. The summed E-state index contributed by atoms with van der Waals surface area (Å²) < 4.78 is 0. The number of nitrogens with one attached hydrogen (secondary N) is 1. The Morgan fingerprint density at radius 1 is 1.28 bits per heavy atom. The zero-order valence-corrected chi connectivity index (χ0v) is 10.7. The highest BCUT2D eigenvalue weighted by molar-refractivity contribution is 7.99. The second-order valence-corrected chi connectivity index (χ2v) is 4.78. The molecule has 0 aliphatic carbocycles. The number of aliphatic hydroxyl groups is 1. The Labute approximate surface area is 110 Å². The summed E-state index contributed by atoms with van der Waals surface area (Å²) in [4.78, 5) is 22.0. The van der Waals surface area contributed by atoms with E-state index >= 15 is 0 Å². The maximum Gasteiger partial charge on any atom is 0.227 e. The van der Waals surface area contributed by atoms with E-state index < -0.39 is 0 Å². The number of rotatable bonds is 7. The summed E-state index contributed by atoms with van der Waals surface area (Å²) in [7, 11) is 0. The monoisotopic (exact) mass is 268 g/mol. The number of amides is 2. The molecule has 0 spiro atoms. The molecule has 1 aromatic carbocycles. The van der Waals surface area contributed by atoms with Gasteiger partial charge in [0.2, 0.25) is 11.8 Å². The highest BCUT2D eigenvalue weighted by Gasteiger charge is 2.03. The summed E-state index contributed by atoms with van der Waals surface area (Å²) in [5.41, 5.74) is 6.47. The average Bonchev–Trinajstić information content (AvgIpc) is 2.35. The highest BCUT2D eigenvalue weighted by Crippen LogP contribution is 2.10. The minimum absolute atomic E-state index is 0.0159. The average molecular weight is 268 g/mol. The molecule has 0 saturated carbocycles. The van der Waals surface area contributed by atoms with E-state index in [9.17, 15) is 9.59 Å². The van der Waals surface area contributed by atoms with Gasteiger partial charge in [-0.1, -0.05) is 12.1 Å². The molecular weight excluding hydrogens is 252 g/mol. The molecule has 0 heterocycles. The van der Waals surface area contributed by atoms with Gasteiger partial charge in [-0.15, -0.1) is 0 Å². The molecular formula is C12H16N2O3S. The highest BCUT2D eigenvalue weighted by atomic mass is 32.2. The van der Waals surface area contributed by atoms with Gasteiger partial charge in [-0.25, -0.2) is 0 Å². The smallest absolute Gasteiger partial charge is 0.227 e. The van der Waals surface area contributed by atoms with Crippen LogP contribution in [0, 0.1) is 0 Å². The lowest BCUT2D eigenvalue weighted by Crippen LogP contribution is -2.15. The maximum absolute atomic E-state index is 11.5. The lowest BCUT2D eigenvalue weighted by molar-refractivity contribution is -0.116. The van der Waals surface area contributed by atoms with Crippen molar-refractivity contribution in [1.82, 2.24) is 0 Å². The third kappa shape index (κ3) is 5.70. The number of primary amides is 1. The Morgan fingerprint density at radius 2 is 1.94 bits per heavy atom. The first-order valence-electron chi connectivity index (χ1n) is 5.47. The van der Waals surface area contributed by atoms with Crippen molar-refractivity contribution in [2.24, 2.45) is 5.73 Å². The van der Waals surface area contributed by atoms with Gasteiger partial charge in [0.25, 0.3) is 0 Å². The number of benzene rings is 1. The van der Waals surface area contributed by atoms with E-state index in [1.165, 1.54) is 11.8 Å². The SMILES string of the molecule is NC(=O)CSCCC(=O)Nc1ccc(CO)cc1. The van der Waals surface area contributed by atoms with Crippen molar-refractivity contribution in [2.45, 2.75) is 13.0 Å². The Bertz CT molecular complexity index is 406. The maximum atomic E-state index is 11.5. The van der Waals surface area contributed by atoms with Crippen LogP contribution >= 0.6 is 11.8 Å². The van der Waals surface area contributed by atoms with E-state index in [2.05, 4.69) is 5.32 Å². The summed E-state index contributed by atoms with van der Waals surface area (Å²) in [6.07, 6.45) is 0.333. The molecule has 0 aliphatic rings. The minimum atomic E-state index is -0.375. The van der Waals surface area contributed by atoms with E-state index in [0.717, 1.165) is 5.56 Å². The van der Waals surface area contributed by atoms with Gasteiger partial charge < -0.3 is 16.2 Å². The lowest BCUT2D eigenvalue weighted by atomic mass is 10.2. The predicted molar refractivity (Wildman–Crippen MR) is 72.1 cm³/mol. The standard InChI is InChI=1S/C12H16N2O3S/c13-11(16)8-18-6-5-12(17)14-10-3-1-9(7-15)2-4-10/h1-4,15H,5-8H2,(H2,13,16)(H,14,17). The predicted octanol–water partition coefficient (Wildman–Crippen LogP) is 0.726. The van der Waals surface area contributed by atoms with Gasteiger partial charge in [0.05, 0.1) is 12.4 Å². The third-order valence-corrected chi connectivity index (χ3v) is 3.12. The van der Waals surface area contributed by atoms with E-state index in [0.29, 0.717) is 17.9 Å². The number of hydrogen-bond acceptors (Lipinski definition) is 4. The van der Waals surface area contributed by atoms with E-state index in [1.54, 1.807) is 24.3 Å². The number of hydrogen-bond donors (Lipinski definition) is 3. The first-order valence-corrected chi connectivity index (χ1v) is 6.63. The topological polar surface area (TPSA) is 92.4 Å². The molecule has 0 aromatic heterocycles. The quantitative estimate of drug-likeness (QED) is 0.635. The zero-order chi connectivity index (χ0) is 13.4. The minimum Gasteiger partial charge on any atom is -0.392 e. The molecule has 98 valence electrons. The fourth-order valence-electron chi connectivity index (χ4n) is 1.25. The summed E-state index contributed by atoms with van der Waals surface area (Å²) in [5, 5.41) is 11.6. The first-order chi connectivity index (χ1) is 8.61. The van der Waals surface area contributed by atoms with Crippen LogP contribution in [0.15, 0.2) is 24.3 Å². The lowest BCUT2D eigenvalue weighted by Gasteiger charge is -2.05. The third-order valence-electron chi connectivity index (χ3n) is 2.14. The second-order valence-electron chi connectivity index (χ2n) is 3.67. The Morgan fingerprint density at radius 3 is 2.50 bits per heavy atom. The largest absolute Gasteiger partial charge is 0.392 e. The summed E-state index contributed by atoms with van der Waals surface area (Å²) in [6.45, 7) is -0.0159. The molecule has 0 atom stereocenters. The summed E-state index contributed by atoms with van der Waals surface area (Å²) in [5.74, 6) is 0.311. The molecule has 2 amide bonds. The second kappa shape index (κ2) is 7.73. The normalized spacial score (nSPS) is 10.1. The molecule has 0 radical (unpaired) electrons. The van der Waals surface area contributed by atoms with Crippen molar-refractivity contribution in [3.8, 4) is 0 Å². The Kier molecular flexibility index (Phi) is 6.24. The van der Waals surface area contributed by atoms with Gasteiger partial charge in [-0.05, 0) is 17.7 Å². The molecule has 1 rings (SSSR count). The van der Waals surface area contributed by atoms with Crippen LogP contribution in [-0.4, -0.2) is 28.4 Å². The van der Waals surface area contributed by atoms with Crippen LogP contribution < -0.4 is 11.1 Å². The van der Waals surface area contributed by atoms with Crippen LogP contribution in [0.4, 0.5) is 5.69 Å². The molecule has 0 fully saturated rings. The number of nitrogens with two attached hydrogens (primary N) is 1. The fourth-order valence-corrected chi connectivity index (χ4v) is 1.93. The first kappa shape index (κ1) is 14.5.